The van der Waals surface area contributed by atoms with Gasteiger partial charge < -0.3 is 10.6 Å². The smallest absolute Gasteiger partial charge is 0.243 e. The third kappa shape index (κ3) is 4.79. The first kappa shape index (κ1) is 18.4. The Hall–Kier alpha value is -1.92. The van der Waals surface area contributed by atoms with E-state index in [1.165, 1.54) is 0 Å². The molecular weight excluding hydrogens is 304 g/mol. The predicted octanol–water partition coefficient (Wildman–Crippen LogP) is 1.70. The van der Waals surface area contributed by atoms with Gasteiger partial charge in [0.05, 0.1) is 6.54 Å². The lowest BCUT2D eigenvalue weighted by atomic mass is 10.1. The van der Waals surface area contributed by atoms with E-state index in [2.05, 4.69) is 28.4 Å². The van der Waals surface area contributed by atoms with Crippen molar-refractivity contribution in [3.05, 3.63) is 28.8 Å². The monoisotopic (exact) mass is 332 g/mol. The minimum absolute atomic E-state index is 0.0256. The Labute approximate surface area is 143 Å². The fraction of sp³-hybridized carbons (Fsp3) is 0.556. The Balaban J connectivity index is 1.82. The number of amides is 2. The molecule has 6 heteroatoms. The number of hydrogen-bond donors (Lipinski definition) is 4. The summed E-state index contributed by atoms with van der Waals surface area (Å²) in [5.74, 6) is -0.358. The van der Waals surface area contributed by atoms with Crippen LogP contribution in [0.2, 0.25) is 0 Å². The van der Waals surface area contributed by atoms with Crippen LogP contribution in [0.1, 0.15) is 42.9 Å². The number of rotatable bonds is 6. The summed E-state index contributed by atoms with van der Waals surface area (Å²) in [6, 6.07) is 4.10. The molecule has 2 unspecified atom stereocenters. The first-order chi connectivity index (χ1) is 11.4. The van der Waals surface area contributed by atoms with Gasteiger partial charge in [-0.15, -0.1) is 0 Å². The zero-order chi connectivity index (χ0) is 17.7. The molecule has 6 nitrogen and oxygen atoms in total. The number of carbonyl (C=O) groups excluding carboxylic acids is 2. The number of aryl methyl sites for hydroxylation is 3. The molecule has 24 heavy (non-hydrogen) atoms. The van der Waals surface area contributed by atoms with Gasteiger partial charge >= 0.3 is 0 Å². The number of nitrogens with one attached hydrogen (secondary N) is 4. The second kappa shape index (κ2) is 8.26. The predicted molar refractivity (Wildman–Crippen MR) is 95.7 cm³/mol. The zero-order valence-corrected chi connectivity index (χ0v) is 15.0. The fourth-order valence-electron chi connectivity index (χ4n) is 3.18. The van der Waals surface area contributed by atoms with Gasteiger partial charge in [0.1, 0.15) is 6.04 Å². The molecule has 1 fully saturated rings. The van der Waals surface area contributed by atoms with E-state index in [1.54, 1.807) is 0 Å². The quantitative estimate of drug-likeness (QED) is 0.639. The molecule has 4 N–H and O–H groups in total. The topological polar surface area (TPSA) is 82.3 Å². The van der Waals surface area contributed by atoms with E-state index >= 15 is 0 Å². The Morgan fingerprint density at radius 1 is 1.17 bits per heavy atom. The SMILES string of the molecule is CCCC1CC(C(=O)NCC(=O)Nc2c(C)cc(C)cc2C)NN1. The average Bonchev–Trinajstić information content (AvgIpc) is 2.97. The molecule has 2 atom stereocenters. The standard InChI is InChI=1S/C18H28N4O2/c1-5-6-14-9-15(22-21-14)18(24)19-10-16(23)20-17-12(3)7-11(2)8-13(17)4/h7-8,14-15,21-22H,5-6,9-10H2,1-4H3,(H,19,24)(H,20,23). The van der Waals surface area contributed by atoms with E-state index < -0.39 is 0 Å². The Morgan fingerprint density at radius 2 is 1.83 bits per heavy atom. The maximum atomic E-state index is 12.1. The van der Waals surface area contributed by atoms with Crippen molar-refractivity contribution >= 4 is 17.5 Å². The summed E-state index contributed by atoms with van der Waals surface area (Å²) in [5.41, 5.74) is 10.2. The van der Waals surface area contributed by atoms with Crippen LogP contribution in [0.3, 0.4) is 0 Å². The van der Waals surface area contributed by atoms with E-state index in [9.17, 15) is 9.59 Å². The second-order valence-corrected chi connectivity index (χ2v) is 6.60. The van der Waals surface area contributed by atoms with Crippen molar-refractivity contribution in [2.75, 3.05) is 11.9 Å². The fourth-order valence-corrected chi connectivity index (χ4v) is 3.18. The highest BCUT2D eigenvalue weighted by atomic mass is 16.2. The summed E-state index contributed by atoms with van der Waals surface area (Å²) < 4.78 is 0. The molecule has 0 spiro atoms. The van der Waals surface area contributed by atoms with Crippen molar-refractivity contribution in [1.82, 2.24) is 16.2 Å². The molecule has 1 aromatic rings. The summed E-state index contributed by atoms with van der Waals surface area (Å²) >= 11 is 0. The van der Waals surface area contributed by atoms with Gasteiger partial charge in [-0.3, -0.25) is 15.0 Å². The van der Waals surface area contributed by atoms with Crippen molar-refractivity contribution in [3.8, 4) is 0 Å². The third-order valence-corrected chi connectivity index (χ3v) is 4.30. The highest BCUT2D eigenvalue weighted by Crippen LogP contribution is 2.21. The molecule has 1 heterocycles. The normalized spacial score (nSPS) is 20.0. The van der Waals surface area contributed by atoms with Crippen LogP contribution in [0.25, 0.3) is 0 Å². The molecule has 0 saturated carbocycles. The Bertz CT molecular complexity index is 592. The number of anilines is 1. The van der Waals surface area contributed by atoms with Crippen LogP contribution in [0, 0.1) is 20.8 Å². The highest BCUT2D eigenvalue weighted by Gasteiger charge is 2.28. The molecule has 132 valence electrons. The van der Waals surface area contributed by atoms with Crippen LogP contribution in [0.4, 0.5) is 5.69 Å². The summed E-state index contributed by atoms with van der Waals surface area (Å²) in [6.45, 7) is 8.06. The molecule has 0 aliphatic carbocycles. The number of carbonyl (C=O) groups is 2. The van der Waals surface area contributed by atoms with E-state index in [-0.39, 0.29) is 24.4 Å². The molecule has 1 aliphatic rings. The highest BCUT2D eigenvalue weighted by molar-refractivity contribution is 5.96. The van der Waals surface area contributed by atoms with Gasteiger partial charge in [0, 0.05) is 11.7 Å². The van der Waals surface area contributed by atoms with Crippen molar-refractivity contribution in [2.45, 2.75) is 59.0 Å². The molecule has 1 saturated heterocycles. The number of hydrazine groups is 1. The van der Waals surface area contributed by atoms with Gasteiger partial charge in [-0.1, -0.05) is 31.0 Å². The van der Waals surface area contributed by atoms with Gasteiger partial charge in [-0.25, -0.2) is 5.43 Å². The van der Waals surface area contributed by atoms with Crippen molar-refractivity contribution in [3.63, 3.8) is 0 Å². The molecule has 2 amide bonds. The van der Waals surface area contributed by atoms with Gasteiger partial charge in [0.2, 0.25) is 11.8 Å². The van der Waals surface area contributed by atoms with Crippen molar-refractivity contribution < 1.29 is 9.59 Å². The van der Waals surface area contributed by atoms with Gasteiger partial charge in [0.15, 0.2) is 0 Å². The first-order valence-electron chi connectivity index (χ1n) is 8.57. The van der Waals surface area contributed by atoms with Gasteiger partial charge in [-0.05, 0) is 44.7 Å². The lowest BCUT2D eigenvalue weighted by Gasteiger charge is -2.14. The Morgan fingerprint density at radius 3 is 2.46 bits per heavy atom. The van der Waals surface area contributed by atoms with E-state index in [0.717, 1.165) is 41.6 Å². The van der Waals surface area contributed by atoms with E-state index in [4.69, 9.17) is 0 Å². The number of benzene rings is 1. The van der Waals surface area contributed by atoms with Crippen LogP contribution in [-0.2, 0) is 9.59 Å². The first-order valence-corrected chi connectivity index (χ1v) is 8.57. The van der Waals surface area contributed by atoms with Crippen LogP contribution in [-0.4, -0.2) is 30.4 Å². The molecule has 0 aromatic heterocycles. The van der Waals surface area contributed by atoms with E-state index in [1.807, 2.05) is 32.9 Å². The van der Waals surface area contributed by atoms with Crippen LogP contribution in [0.5, 0.6) is 0 Å². The molecule has 2 rings (SSSR count). The summed E-state index contributed by atoms with van der Waals surface area (Å²) in [5, 5.41) is 5.60. The largest absolute Gasteiger partial charge is 0.346 e. The van der Waals surface area contributed by atoms with E-state index in [0.29, 0.717) is 6.04 Å². The lowest BCUT2D eigenvalue weighted by molar-refractivity contribution is -0.125. The molecular formula is C18H28N4O2. The number of hydrogen-bond acceptors (Lipinski definition) is 4. The van der Waals surface area contributed by atoms with Crippen molar-refractivity contribution in [2.24, 2.45) is 0 Å². The van der Waals surface area contributed by atoms with Gasteiger partial charge in [-0.2, -0.15) is 0 Å². The second-order valence-electron chi connectivity index (χ2n) is 6.60. The lowest BCUT2D eigenvalue weighted by Crippen LogP contribution is -2.45. The minimum Gasteiger partial charge on any atom is -0.346 e. The molecule has 1 aliphatic heterocycles. The maximum absolute atomic E-state index is 12.1. The van der Waals surface area contributed by atoms with Crippen LogP contribution < -0.4 is 21.5 Å². The van der Waals surface area contributed by atoms with Crippen LogP contribution >= 0.6 is 0 Å². The summed E-state index contributed by atoms with van der Waals surface area (Å²) in [6.07, 6.45) is 2.85. The maximum Gasteiger partial charge on any atom is 0.243 e. The summed E-state index contributed by atoms with van der Waals surface area (Å²) in [7, 11) is 0. The van der Waals surface area contributed by atoms with Crippen LogP contribution in [0.15, 0.2) is 12.1 Å². The zero-order valence-electron chi connectivity index (χ0n) is 15.0. The van der Waals surface area contributed by atoms with Gasteiger partial charge in [0.25, 0.3) is 0 Å². The molecule has 0 radical (unpaired) electrons. The minimum atomic E-state index is -0.280. The Kier molecular flexibility index (Phi) is 6.34. The van der Waals surface area contributed by atoms with Crippen molar-refractivity contribution in [1.29, 1.82) is 0 Å². The molecule has 0 bridgehead atoms. The molecule has 1 aromatic carbocycles. The third-order valence-electron chi connectivity index (χ3n) is 4.30. The summed E-state index contributed by atoms with van der Waals surface area (Å²) in [4.78, 5) is 24.3. The average molecular weight is 332 g/mol.